The Morgan fingerprint density at radius 2 is 1.90 bits per heavy atom. The lowest BCUT2D eigenvalue weighted by molar-refractivity contribution is -0.140. The number of fused-ring (bicyclic) bond motifs is 1. The number of hydrogen-bond donors (Lipinski definition) is 4. The number of hydrogen-bond acceptors (Lipinski definition) is 7. The Bertz CT molecular complexity index is 1620. The van der Waals surface area contributed by atoms with Crippen molar-refractivity contribution in [2.75, 3.05) is 24.0 Å². The van der Waals surface area contributed by atoms with Crippen LogP contribution >= 0.6 is 35.8 Å². The van der Waals surface area contributed by atoms with E-state index in [0.29, 0.717) is 21.4 Å². The van der Waals surface area contributed by atoms with Gasteiger partial charge in [0.1, 0.15) is 11.8 Å². The first-order valence-corrected chi connectivity index (χ1v) is 15.6. The van der Waals surface area contributed by atoms with Crippen LogP contribution in [-0.4, -0.2) is 45.7 Å². The molecule has 0 amide bonds. The van der Waals surface area contributed by atoms with E-state index in [1.807, 2.05) is 48.3 Å². The van der Waals surface area contributed by atoms with E-state index in [9.17, 15) is 9.90 Å². The number of benzene rings is 2. The molecule has 0 bridgehead atoms. The molecule has 0 saturated heterocycles. The molecule has 2 aromatic heterocycles. The van der Waals surface area contributed by atoms with Crippen LogP contribution in [0.5, 0.6) is 5.75 Å². The number of carboxylic acid groups (broad SMARTS) is 1. The van der Waals surface area contributed by atoms with Gasteiger partial charge in [0, 0.05) is 18.4 Å². The van der Waals surface area contributed by atoms with Crippen molar-refractivity contribution in [1.82, 2.24) is 14.8 Å². The van der Waals surface area contributed by atoms with Crippen molar-refractivity contribution in [3.05, 3.63) is 80.0 Å². The number of carboxylic acids is 1. The van der Waals surface area contributed by atoms with E-state index in [1.54, 1.807) is 15.9 Å². The molecular weight excluding hydrogens is 575 g/mol. The molecule has 6 rings (SSSR count). The highest BCUT2D eigenvalue weighted by molar-refractivity contribution is 7.72. The monoisotopic (exact) mass is 607 g/mol. The first-order chi connectivity index (χ1) is 19.9. The molecular formula is C30H33N5O3S3. The topological polar surface area (TPSA) is 98.3 Å². The largest absolute Gasteiger partial charge is 0.480 e. The highest BCUT2D eigenvalue weighted by atomic mass is 32.1. The normalized spacial score (nSPS) is 22.2. The third-order valence-corrected chi connectivity index (χ3v) is 9.88. The van der Waals surface area contributed by atoms with Crippen LogP contribution in [0.25, 0.3) is 5.69 Å². The molecule has 4 aromatic rings. The molecule has 3 heterocycles. The number of H-pyrrole nitrogens is 2. The predicted octanol–water partition coefficient (Wildman–Crippen LogP) is 7.14. The fourth-order valence-corrected chi connectivity index (χ4v) is 8.05. The van der Waals surface area contributed by atoms with Crippen molar-refractivity contribution in [3.63, 3.8) is 0 Å². The molecule has 1 aliphatic heterocycles. The van der Waals surface area contributed by atoms with Gasteiger partial charge in [0.25, 0.3) is 0 Å². The minimum absolute atomic E-state index is 0.0260. The number of aromatic nitrogens is 3. The SMILES string of the molecule is CN1c2ccc(OCNc3cccc(-n4c(=S)[nH][nH]c4=S)c3)cc2CC(C2CCCCC2c2ccsc2)C1C(=O)O. The summed E-state index contributed by atoms with van der Waals surface area (Å²) in [5, 5.41) is 23.8. The van der Waals surface area contributed by atoms with Crippen LogP contribution in [0.2, 0.25) is 0 Å². The van der Waals surface area contributed by atoms with Crippen molar-refractivity contribution in [2.45, 2.75) is 44.1 Å². The predicted molar refractivity (Wildman–Crippen MR) is 168 cm³/mol. The summed E-state index contributed by atoms with van der Waals surface area (Å²) < 4.78 is 8.88. The zero-order valence-electron chi connectivity index (χ0n) is 22.7. The number of rotatable bonds is 8. The van der Waals surface area contributed by atoms with Gasteiger partial charge in [-0.3, -0.25) is 14.8 Å². The summed E-state index contributed by atoms with van der Waals surface area (Å²) in [7, 11) is 1.92. The minimum atomic E-state index is -0.744. The van der Waals surface area contributed by atoms with Crippen molar-refractivity contribution >= 4 is 53.1 Å². The fourth-order valence-electron chi connectivity index (χ4n) is 6.77. The van der Waals surface area contributed by atoms with Gasteiger partial charge in [-0.1, -0.05) is 18.9 Å². The van der Waals surface area contributed by atoms with Gasteiger partial charge in [0.15, 0.2) is 16.3 Å². The van der Waals surface area contributed by atoms with Gasteiger partial charge in [-0.2, -0.15) is 11.3 Å². The highest BCUT2D eigenvalue weighted by Gasteiger charge is 2.44. The molecule has 1 fully saturated rings. The Morgan fingerprint density at radius 3 is 2.66 bits per heavy atom. The van der Waals surface area contributed by atoms with Crippen molar-refractivity contribution < 1.29 is 14.6 Å². The minimum Gasteiger partial charge on any atom is -0.480 e. The molecule has 4 unspecified atom stereocenters. The standard InChI is InChI=1S/C30H33N5O3S3/c1-34-26-10-9-22(38-17-31-20-5-4-6-21(15-20)35-29(39)32-33-30(35)40)13-19(26)14-25(27(34)28(36)37)24-8-3-2-7-23(24)18-11-12-41-16-18/h4-6,9-13,15-16,23-25,27,31H,2-3,7-8,14,17H2,1H3,(H,32,39)(H,33,40)(H,36,37). The van der Waals surface area contributed by atoms with Crippen LogP contribution in [-0.2, 0) is 11.2 Å². The van der Waals surface area contributed by atoms with E-state index in [0.717, 1.165) is 54.1 Å². The van der Waals surface area contributed by atoms with Crippen molar-refractivity contribution in [1.29, 1.82) is 0 Å². The molecule has 11 heteroatoms. The van der Waals surface area contributed by atoms with E-state index in [4.69, 9.17) is 29.2 Å². The Balaban J connectivity index is 1.19. The number of aromatic amines is 2. The molecule has 214 valence electrons. The van der Waals surface area contributed by atoms with Gasteiger partial charge in [-0.25, -0.2) is 4.79 Å². The average Bonchev–Trinajstić information content (AvgIpc) is 3.62. The third kappa shape index (κ3) is 5.58. The van der Waals surface area contributed by atoms with Crippen LogP contribution in [0.3, 0.4) is 0 Å². The number of likely N-dealkylation sites (N-methyl/N-ethyl adjacent to an activating group) is 1. The molecule has 8 nitrogen and oxygen atoms in total. The van der Waals surface area contributed by atoms with Gasteiger partial charge < -0.3 is 20.1 Å². The Kier molecular flexibility index (Phi) is 8.01. The van der Waals surface area contributed by atoms with Crippen LogP contribution in [0.1, 0.15) is 42.7 Å². The summed E-state index contributed by atoms with van der Waals surface area (Å²) in [6, 6.07) is 15.5. The lowest BCUT2D eigenvalue weighted by Gasteiger charge is -2.46. The number of nitrogens with zero attached hydrogens (tertiary/aromatic N) is 2. The number of ether oxygens (including phenoxy) is 1. The molecule has 1 aliphatic carbocycles. The van der Waals surface area contributed by atoms with Crippen LogP contribution < -0.4 is 15.0 Å². The second-order valence-corrected chi connectivity index (χ2v) is 12.4. The summed E-state index contributed by atoms with van der Waals surface area (Å²) >= 11 is 12.4. The van der Waals surface area contributed by atoms with Crippen molar-refractivity contribution in [3.8, 4) is 11.4 Å². The molecule has 1 saturated carbocycles. The smallest absolute Gasteiger partial charge is 0.326 e. The van der Waals surface area contributed by atoms with Crippen LogP contribution in [0, 0.1) is 21.4 Å². The van der Waals surface area contributed by atoms with Crippen LogP contribution in [0.15, 0.2) is 59.3 Å². The number of anilines is 2. The van der Waals surface area contributed by atoms with Gasteiger partial charge in [-0.05, 0) is 126 Å². The molecule has 4 N–H and O–H groups in total. The van der Waals surface area contributed by atoms with E-state index in [-0.39, 0.29) is 12.6 Å². The maximum absolute atomic E-state index is 12.6. The Morgan fingerprint density at radius 1 is 1.10 bits per heavy atom. The molecule has 4 atom stereocenters. The van der Waals surface area contributed by atoms with E-state index < -0.39 is 12.0 Å². The Labute approximate surface area is 253 Å². The number of nitrogens with one attached hydrogen (secondary N) is 3. The lowest BCUT2D eigenvalue weighted by atomic mass is 9.65. The summed E-state index contributed by atoms with van der Waals surface area (Å²) in [5.74, 6) is 0.772. The number of carbonyl (C=O) groups is 1. The lowest BCUT2D eigenvalue weighted by Crippen LogP contribution is -2.52. The molecule has 41 heavy (non-hydrogen) atoms. The molecule has 0 radical (unpaired) electrons. The highest BCUT2D eigenvalue weighted by Crippen LogP contribution is 2.48. The molecule has 2 aromatic carbocycles. The first-order valence-electron chi connectivity index (χ1n) is 13.9. The summed E-state index contributed by atoms with van der Waals surface area (Å²) in [6.07, 6.45) is 5.28. The van der Waals surface area contributed by atoms with Crippen molar-refractivity contribution in [2.24, 2.45) is 11.8 Å². The zero-order chi connectivity index (χ0) is 28.5. The van der Waals surface area contributed by atoms with Gasteiger partial charge in [0.05, 0.1) is 5.69 Å². The van der Waals surface area contributed by atoms with Gasteiger partial charge >= 0.3 is 5.97 Å². The Hall–Kier alpha value is -3.41. The van der Waals surface area contributed by atoms with Gasteiger partial charge in [0.2, 0.25) is 0 Å². The number of aliphatic carboxylic acids is 1. The van der Waals surface area contributed by atoms with Gasteiger partial charge in [-0.15, -0.1) is 0 Å². The van der Waals surface area contributed by atoms with Crippen LogP contribution in [0.4, 0.5) is 11.4 Å². The summed E-state index contributed by atoms with van der Waals surface area (Å²) in [5.41, 5.74) is 5.19. The van der Waals surface area contributed by atoms with E-state index in [1.165, 1.54) is 12.0 Å². The maximum Gasteiger partial charge on any atom is 0.326 e. The summed E-state index contributed by atoms with van der Waals surface area (Å²) in [4.78, 5) is 14.6. The fraction of sp³-hybridized carbons (Fsp3) is 0.367. The van der Waals surface area contributed by atoms with E-state index >= 15 is 0 Å². The third-order valence-electron chi connectivity index (χ3n) is 8.61. The molecule has 2 aliphatic rings. The maximum atomic E-state index is 12.6. The zero-order valence-corrected chi connectivity index (χ0v) is 25.2. The second kappa shape index (κ2) is 11.8. The van der Waals surface area contributed by atoms with E-state index in [2.05, 4.69) is 38.4 Å². The molecule has 0 spiro atoms. The second-order valence-electron chi connectivity index (χ2n) is 10.9. The quantitative estimate of drug-likeness (QED) is 0.125. The number of thiophene rings is 1. The first kappa shape index (κ1) is 27.7. The average molecular weight is 608 g/mol. The summed E-state index contributed by atoms with van der Waals surface area (Å²) in [6.45, 7) is 0.271.